The van der Waals surface area contributed by atoms with Crippen molar-refractivity contribution < 1.29 is 0 Å². The van der Waals surface area contributed by atoms with Gasteiger partial charge in [-0.1, -0.05) is 32.1 Å². The van der Waals surface area contributed by atoms with Crippen molar-refractivity contribution >= 4 is 22.9 Å². The number of thiocarbonyl (C=S) groups is 1. The van der Waals surface area contributed by atoms with E-state index >= 15 is 0 Å². The van der Waals surface area contributed by atoms with Crippen LogP contribution >= 0.6 is 12.2 Å². The molecule has 0 aliphatic heterocycles. The van der Waals surface area contributed by atoms with Crippen molar-refractivity contribution in [2.24, 2.45) is 11.7 Å². The first-order valence-corrected chi connectivity index (χ1v) is 6.95. The van der Waals surface area contributed by atoms with Crippen LogP contribution in [-0.4, -0.2) is 32.4 Å². The van der Waals surface area contributed by atoms with Crippen molar-refractivity contribution in [2.45, 2.75) is 20.4 Å². The van der Waals surface area contributed by atoms with Gasteiger partial charge in [-0.3, -0.25) is 4.90 Å². The van der Waals surface area contributed by atoms with Gasteiger partial charge in [-0.15, -0.1) is 0 Å². The molecule has 0 radical (unpaired) electrons. The van der Waals surface area contributed by atoms with Gasteiger partial charge in [0.1, 0.15) is 5.65 Å². The fourth-order valence-corrected chi connectivity index (χ4v) is 2.15. The minimum absolute atomic E-state index is 0.229. The molecule has 0 aliphatic carbocycles. The lowest BCUT2D eigenvalue weighted by molar-refractivity contribution is 0.261. The number of hydrogen-bond donors (Lipinski definition) is 1. The van der Waals surface area contributed by atoms with Gasteiger partial charge < -0.3 is 10.1 Å². The molecule has 0 saturated heterocycles. The van der Waals surface area contributed by atoms with Crippen molar-refractivity contribution in [2.75, 3.05) is 13.1 Å². The van der Waals surface area contributed by atoms with Gasteiger partial charge in [0, 0.05) is 31.4 Å². The van der Waals surface area contributed by atoms with Crippen LogP contribution in [-0.2, 0) is 6.54 Å². The third-order valence-electron chi connectivity index (χ3n) is 3.26. The highest BCUT2D eigenvalue weighted by Crippen LogP contribution is 2.09. The molecule has 2 rings (SSSR count). The van der Waals surface area contributed by atoms with Crippen molar-refractivity contribution in [3.63, 3.8) is 0 Å². The van der Waals surface area contributed by atoms with Gasteiger partial charge in [-0.2, -0.15) is 0 Å². The standard InChI is InChI=1S/C14H20N4S/c1-3-17(8-11(2)14(15)19)9-12-10-18-7-5-4-6-13(18)16-12/h4-7,10-11H,3,8-9H2,1-2H3,(H2,15,19). The van der Waals surface area contributed by atoms with E-state index in [1.54, 1.807) is 0 Å². The third kappa shape index (κ3) is 3.52. The number of rotatable bonds is 6. The maximum atomic E-state index is 5.68. The predicted molar refractivity (Wildman–Crippen MR) is 82.1 cm³/mol. The Hall–Kier alpha value is -1.46. The summed E-state index contributed by atoms with van der Waals surface area (Å²) in [6, 6.07) is 6.01. The Kier molecular flexibility index (Phi) is 4.50. The van der Waals surface area contributed by atoms with E-state index in [1.165, 1.54) is 0 Å². The van der Waals surface area contributed by atoms with Gasteiger partial charge in [0.05, 0.1) is 10.7 Å². The molecule has 0 aromatic carbocycles. The zero-order valence-corrected chi connectivity index (χ0v) is 12.2. The molecule has 2 heterocycles. The molecule has 2 N–H and O–H groups in total. The molecule has 2 aromatic rings. The van der Waals surface area contributed by atoms with Gasteiger partial charge in [-0.25, -0.2) is 4.98 Å². The normalized spacial score (nSPS) is 13.0. The summed E-state index contributed by atoms with van der Waals surface area (Å²) in [6.45, 7) is 6.86. The molecule has 1 unspecified atom stereocenters. The lowest BCUT2D eigenvalue weighted by atomic mass is 10.1. The van der Waals surface area contributed by atoms with Crippen LogP contribution in [0.5, 0.6) is 0 Å². The summed E-state index contributed by atoms with van der Waals surface area (Å²) in [7, 11) is 0. The van der Waals surface area contributed by atoms with Crippen molar-refractivity contribution in [3.8, 4) is 0 Å². The zero-order valence-electron chi connectivity index (χ0n) is 11.4. The van der Waals surface area contributed by atoms with E-state index in [0.29, 0.717) is 4.99 Å². The van der Waals surface area contributed by atoms with Gasteiger partial charge in [0.2, 0.25) is 0 Å². The molecule has 102 valence electrons. The van der Waals surface area contributed by atoms with Crippen molar-refractivity contribution in [1.82, 2.24) is 14.3 Å². The molecule has 2 aromatic heterocycles. The maximum Gasteiger partial charge on any atom is 0.137 e. The monoisotopic (exact) mass is 276 g/mol. The highest BCUT2D eigenvalue weighted by molar-refractivity contribution is 7.80. The van der Waals surface area contributed by atoms with E-state index in [-0.39, 0.29) is 5.92 Å². The first-order chi connectivity index (χ1) is 9.10. The molecule has 1 atom stereocenters. The Labute approximate surface area is 119 Å². The number of aromatic nitrogens is 2. The minimum atomic E-state index is 0.229. The van der Waals surface area contributed by atoms with Crippen LogP contribution in [0.1, 0.15) is 19.5 Å². The van der Waals surface area contributed by atoms with Crippen molar-refractivity contribution in [3.05, 3.63) is 36.3 Å². The Morgan fingerprint density at radius 3 is 2.95 bits per heavy atom. The quantitative estimate of drug-likeness (QED) is 0.821. The molecule has 0 bridgehead atoms. The van der Waals surface area contributed by atoms with E-state index < -0.39 is 0 Å². The van der Waals surface area contributed by atoms with Crippen molar-refractivity contribution in [1.29, 1.82) is 0 Å². The van der Waals surface area contributed by atoms with E-state index in [9.17, 15) is 0 Å². The summed E-state index contributed by atoms with van der Waals surface area (Å²) in [5, 5.41) is 0. The van der Waals surface area contributed by atoms with Crippen LogP contribution in [0.25, 0.3) is 5.65 Å². The number of nitrogens with zero attached hydrogens (tertiary/aromatic N) is 3. The summed E-state index contributed by atoms with van der Waals surface area (Å²) in [5.41, 5.74) is 7.73. The van der Waals surface area contributed by atoms with Gasteiger partial charge in [0.15, 0.2) is 0 Å². The zero-order chi connectivity index (χ0) is 13.8. The summed E-state index contributed by atoms with van der Waals surface area (Å²) in [4.78, 5) is 7.50. The molecule has 0 amide bonds. The molecule has 0 aliphatic rings. The number of nitrogens with two attached hydrogens (primary N) is 1. The van der Waals surface area contributed by atoms with Crippen LogP contribution in [0, 0.1) is 5.92 Å². The van der Waals surface area contributed by atoms with Gasteiger partial charge in [0.25, 0.3) is 0 Å². The van der Waals surface area contributed by atoms with Crippen LogP contribution in [0.4, 0.5) is 0 Å². The smallest absolute Gasteiger partial charge is 0.137 e. The number of pyridine rings is 1. The first kappa shape index (κ1) is 14.0. The van der Waals surface area contributed by atoms with Gasteiger partial charge >= 0.3 is 0 Å². The topological polar surface area (TPSA) is 46.6 Å². The summed E-state index contributed by atoms with van der Waals surface area (Å²) >= 11 is 5.03. The lowest BCUT2D eigenvalue weighted by Crippen LogP contribution is -2.33. The van der Waals surface area contributed by atoms with Crippen LogP contribution in [0.15, 0.2) is 30.6 Å². The fourth-order valence-electron chi connectivity index (χ4n) is 2.08. The van der Waals surface area contributed by atoms with Crippen LogP contribution in [0.3, 0.4) is 0 Å². The maximum absolute atomic E-state index is 5.68. The second-order valence-electron chi connectivity index (χ2n) is 4.83. The number of imidazole rings is 1. The van der Waals surface area contributed by atoms with Gasteiger partial charge in [-0.05, 0) is 18.7 Å². The SMILES string of the molecule is CCN(Cc1cn2ccccc2n1)CC(C)C(N)=S. The average Bonchev–Trinajstić information content (AvgIpc) is 2.79. The highest BCUT2D eigenvalue weighted by atomic mass is 32.1. The van der Waals surface area contributed by atoms with E-state index in [2.05, 4.69) is 29.9 Å². The van der Waals surface area contributed by atoms with Crippen LogP contribution in [0.2, 0.25) is 0 Å². The average molecular weight is 276 g/mol. The number of hydrogen-bond acceptors (Lipinski definition) is 3. The Morgan fingerprint density at radius 2 is 2.32 bits per heavy atom. The minimum Gasteiger partial charge on any atom is -0.393 e. The Bertz CT molecular complexity index is 530. The number of fused-ring (bicyclic) bond motifs is 1. The Balaban J connectivity index is 2.07. The molecule has 0 spiro atoms. The van der Waals surface area contributed by atoms with E-state index in [1.807, 2.05) is 28.8 Å². The molecular formula is C14H20N4S. The highest BCUT2D eigenvalue weighted by Gasteiger charge is 2.12. The fraction of sp³-hybridized carbons (Fsp3) is 0.429. The third-order valence-corrected chi connectivity index (χ3v) is 3.67. The first-order valence-electron chi connectivity index (χ1n) is 6.54. The lowest BCUT2D eigenvalue weighted by Gasteiger charge is -2.22. The molecule has 19 heavy (non-hydrogen) atoms. The van der Waals surface area contributed by atoms with E-state index in [0.717, 1.165) is 31.0 Å². The molecular weight excluding hydrogens is 256 g/mol. The molecule has 4 nitrogen and oxygen atoms in total. The summed E-state index contributed by atoms with van der Waals surface area (Å²) in [5.74, 6) is 0.229. The second-order valence-corrected chi connectivity index (χ2v) is 5.30. The molecule has 5 heteroatoms. The van der Waals surface area contributed by atoms with E-state index in [4.69, 9.17) is 18.0 Å². The Morgan fingerprint density at radius 1 is 1.53 bits per heavy atom. The second kappa shape index (κ2) is 6.12. The molecule has 0 saturated carbocycles. The largest absolute Gasteiger partial charge is 0.393 e. The summed E-state index contributed by atoms with van der Waals surface area (Å²) < 4.78 is 2.04. The predicted octanol–water partition coefficient (Wildman–Crippen LogP) is 2.08. The summed E-state index contributed by atoms with van der Waals surface area (Å²) in [6.07, 6.45) is 4.09. The molecule has 0 fully saturated rings. The van der Waals surface area contributed by atoms with Crippen LogP contribution < -0.4 is 5.73 Å².